The van der Waals surface area contributed by atoms with E-state index in [9.17, 15) is 14.4 Å². The molecular formula is C17H25N3O4. The van der Waals surface area contributed by atoms with E-state index in [1.165, 1.54) is 14.0 Å². The van der Waals surface area contributed by atoms with Gasteiger partial charge in [0.15, 0.2) is 0 Å². The lowest BCUT2D eigenvalue weighted by atomic mass is 10.0. The predicted octanol–water partition coefficient (Wildman–Crippen LogP) is 0.369. The van der Waals surface area contributed by atoms with Crippen LogP contribution >= 0.6 is 0 Å². The Balaban J connectivity index is 2.90. The van der Waals surface area contributed by atoms with Crippen LogP contribution in [0.2, 0.25) is 0 Å². The lowest BCUT2D eigenvalue weighted by Crippen LogP contribution is -2.55. The summed E-state index contributed by atoms with van der Waals surface area (Å²) in [4.78, 5) is 35.4. The summed E-state index contributed by atoms with van der Waals surface area (Å²) in [6.45, 7) is 4.95. The number of para-hydroxylation sites is 1. The van der Waals surface area contributed by atoms with E-state index in [0.29, 0.717) is 5.75 Å². The van der Waals surface area contributed by atoms with Crippen LogP contribution in [-0.2, 0) is 20.8 Å². The molecule has 0 fully saturated rings. The predicted molar refractivity (Wildman–Crippen MR) is 90.3 cm³/mol. The number of hydrogen-bond donors (Lipinski definition) is 3. The number of nitrogens with one attached hydrogen (secondary N) is 2. The summed E-state index contributed by atoms with van der Waals surface area (Å²) in [5, 5.41) is 5.20. The average Bonchev–Trinajstić information content (AvgIpc) is 2.51. The van der Waals surface area contributed by atoms with Crippen LogP contribution in [0.4, 0.5) is 0 Å². The zero-order valence-corrected chi connectivity index (χ0v) is 14.5. The normalized spacial score (nSPS) is 13.0. The van der Waals surface area contributed by atoms with Crippen molar-refractivity contribution >= 4 is 17.7 Å². The topological polar surface area (TPSA) is 111 Å². The molecule has 0 saturated heterocycles. The number of ether oxygens (including phenoxy) is 1. The highest BCUT2D eigenvalue weighted by Gasteiger charge is 2.27. The summed E-state index contributed by atoms with van der Waals surface area (Å²) < 4.78 is 5.25. The summed E-state index contributed by atoms with van der Waals surface area (Å²) in [6, 6.07) is 5.56. The number of carbonyl (C=O) groups is 3. The van der Waals surface area contributed by atoms with Crippen molar-refractivity contribution in [2.45, 2.75) is 39.3 Å². The molecule has 132 valence electrons. The monoisotopic (exact) mass is 335 g/mol. The van der Waals surface area contributed by atoms with Gasteiger partial charge < -0.3 is 21.1 Å². The van der Waals surface area contributed by atoms with Crippen LogP contribution in [0.5, 0.6) is 5.75 Å². The van der Waals surface area contributed by atoms with Crippen molar-refractivity contribution in [2.75, 3.05) is 7.11 Å². The molecule has 3 amide bonds. The number of carbonyl (C=O) groups excluding carboxylic acids is 3. The first-order valence-corrected chi connectivity index (χ1v) is 7.75. The fourth-order valence-corrected chi connectivity index (χ4v) is 2.33. The molecule has 0 aliphatic carbocycles. The zero-order chi connectivity index (χ0) is 18.3. The van der Waals surface area contributed by atoms with Gasteiger partial charge in [0.05, 0.1) is 7.11 Å². The summed E-state index contributed by atoms with van der Waals surface area (Å²) >= 11 is 0. The Kier molecular flexibility index (Phi) is 7.23. The molecule has 0 bridgehead atoms. The summed E-state index contributed by atoms with van der Waals surface area (Å²) in [7, 11) is 1.53. The molecule has 0 aliphatic rings. The number of amides is 3. The van der Waals surface area contributed by atoms with E-state index in [1.807, 2.05) is 12.1 Å². The Labute approximate surface area is 141 Å². The molecule has 4 N–H and O–H groups in total. The number of benzene rings is 1. The molecule has 1 aromatic rings. The van der Waals surface area contributed by atoms with Crippen molar-refractivity contribution in [1.29, 1.82) is 0 Å². The van der Waals surface area contributed by atoms with E-state index < -0.39 is 23.9 Å². The van der Waals surface area contributed by atoms with Crippen LogP contribution in [0.3, 0.4) is 0 Å². The van der Waals surface area contributed by atoms with Gasteiger partial charge in [-0.05, 0) is 17.5 Å². The van der Waals surface area contributed by atoms with Crippen LogP contribution in [0, 0.1) is 5.92 Å². The van der Waals surface area contributed by atoms with Crippen LogP contribution in [0.1, 0.15) is 26.3 Å². The first-order valence-electron chi connectivity index (χ1n) is 7.75. The molecule has 24 heavy (non-hydrogen) atoms. The maximum atomic E-state index is 12.4. The second-order valence-corrected chi connectivity index (χ2v) is 5.90. The molecule has 0 aliphatic heterocycles. The van der Waals surface area contributed by atoms with E-state index in [1.54, 1.807) is 26.0 Å². The Morgan fingerprint density at radius 1 is 1.17 bits per heavy atom. The summed E-state index contributed by atoms with van der Waals surface area (Å²) in [5.74, 6) is -0.934. The van der Waals surface area contributed by atoms with Crippen molar-refractivity contribution < 1.29 is 19.1 Å². The van der Waals surface area contributed by atoms with Gasteiger partial charge in [0.2, 0.25) is 17.7 Å². The number of primary amides is 1. The van der Waals surface area contributed by atoms with Gasteiger partial charge in [-0.25, -0.2) is 0 Å². The first kappa shape index (κ1) is 19.5. The van der Waals surface area contributed by atoms with Crippen LogP contribution < -0.4 is 21.1 Å². The Morgan fingerprint density at radius 2 is 1.79 bits per heavy atom. The number of methoxy groups -OCH3 is 1. The van der Waals surface area contributed by atoms with Crippen LogP contribution in [-0.4, -0.2) is 36.9 Å². The SMILES string of the molecule is COc1ccccc1C[C@H](NC(=O)[C@H](NC(C)=O)C(C)C)C(N)=O. The Hall–Kier alpha value is -2.57. The number of hydrogen-bond acceptors (Lipinski definition) is 4. The van der Waals surface area contributed by atoms with Gasteiger partial charge in [-0.3, -0.25) is 14.4 Å². The second kappa shape index (κ2) is 8.90. The minimum Gasteiger partial charge on any atom is -0.496 e. The van der Waals surface area contributed by atoms with Crippen LogP contribution in [0.15, 0.2) is 24.3 Å². The average molecular weight is 335 g/mol. The fourth-order valence-electron chi connectivity index (χ4n) is 2.33. The zero-order valence-electron chi connectivity index (χ0n) is 14.5. The Bertz CT molecular complexity index is 601. The van der Waals surface area contributed by atoms with E-state index in [0.717, 1.165) is 5.56 Å². The lowest BCUT2D eigenvalue weighted by molar-refractivity contribution is -0.131. The molecule has 0 spiro atoms. The first-order chi connectivity index (χ1) is 11.3. The fraction of sp³-hybridized carbons (Fsp3) is 0.471. The molecule has 0 aromatic heterocycles. The third-order valence-corrected chi connectivity index (χ3v) is 3.58. The minimum absolute atomic E-state index is 0.131. The van der Waals surface area contributed by atoms with Crippen molar-refractivity contribution in [3.8, 4) is 5.75 Å². The van der Waals surface area contributed by atoms with E-state index in [4.69, 9.17) is 10.5 Å². The molecule has 7 heteroatoms. The maximum Gasteiger partial charge on any atom is 0.243 e. The molecule has 0 unspecified atom stereocenters. The second-order valence-electron chi connectivity index (χ2n) is 5.90. The van der Waals surface area contributed by atoms with Gasteiger partial charge in [-0.1, -0.05) is 32.0 Å². The van der Waals surface area contributed by atoms with Gasteiger partial charge in [0, 0.05) is 13.3 Å². The molecule has 2 atom stereocenters. The minimum atomic E-state index is -0.899. The van der Waals surface area contributed by atoms with Crippen LogP contribution in [0.25, 0.3) is 0 Å². The van der Waals surface area contributed by atoms with E-state index in [-0.39, 0.29) is 18.2 Å². The number of nitrogens with two attached hydrogens (primary N) is 1. The van der Waals surface area contributed by atoms with Gasteiger partial charge in [-0.15, -0.1) is 0 Å². The maximum absolute atomic E-state index is 12.4. The van der Waals surface area contributed by atoms with Crippen molar-refractivity contribution in [1.82, 2.24) is 10.6 Å². The van der Waals surface area contributed by atoms with Crippen molar-refractivity contribution in [2.24, 2.45) is 11.7 Å². The highest BCUT2D eigenvalue weighted by Crippen LogP contribution is 2.19. The van der Waals surface area contributed by atoms with E-state index >= 15 is 0 Å². The van der Waals surface area contributed by atoms with Gasteiger partial charge >= 0.3 is 0 Å². The number of rotatable bonds is 8. The molecule has 0 heterocycles. The third kappa shape index (κ3) is 5.57. The third-order valence-electron chi connectivity index (χ3n) is 3.58. The summed E-state index contributed by atoms with van der Waals surface area (Å²) in [5.41, 5.74) is 6.17. The van der Waals surface area contributed by atoms with Gasteiger partial charge in [-0.2, -0.15) is 0 Å². The Morgan fingerprint density at radius 3 is 2.29 bits per heavy atom. The largest absolute Gasteiger partial charge is 0.496 e. The molecule has 7 nitrogen and oxygen atoms in total. The molecule has 1 aromatic carbocycles. The highest BCUT2D eigenvalue weighted by atomic mass is 16.5. The molecule has 1 rings (SSSR count). The summed E-state index contributed by atoms with van der Waals surface area (Å²) in [6.07, 6.45) is 0.204. The lowest BCUT2D eigenvalue weighted by Gasteiger charge is -2.24. The van der Waals surface area contributed by atoms with Crippen molar-refractivity contribution in [3.63, 3.8) is 0 Å². The molecular weight excluding hydrogens is 310 g/mol. The highest BCUT2D eigenvalue weighted by molar-refractivity contribution is 5.91. The quantitative estimate of drug-likeness (QED) is 0.637. The smallest absolute Gasteiger partial charge is 0.243 e. The molecule has 0 radical (unpaired) electrons. The van der Waals surface area contributed by atoms with E-state index in [2.05, 4.69) is 10.6 Å². The van der Waals surface area contributed by atoms with Gasteiger partial charge in [0.1, 0.15) is 17.8 Å². The van der Waals surface area contributed by atoms with Crippen molar-refractivity contribution in [3.05, 3.63) is 29.8 Å². The standard InChI is InChI=1S/C17H25N3O4/c1-10(2)15(19-11(3)21)17(23)20-13(16(18)22)9-12-7-5-6-8-14(12)24-4/h5-8,10,13,15H,9H2,1-4H3,(H2,18,22)(H,19,21)(H,20,23)/t13-,15+/m0/s1. The van der Waals surface area contributed by atoms with Gasteiger partial charge in [0.25, 0.3) is 0 Å². The molecule has 0 saturated carbocycles.